The Morgan fingerprint density at radius 2 is 2.10 bits per heavy atom. The van der Waals surface area contributed by atoms with Gasteiger partial charge in [-0.3, -0.25) is 9.48 Å². The number of aromatic nitrogens is 2. The van der Waals surface area contributed by atoms with Gasteiger partial charge in [0.05, 0.1) is 11.7 Å². The zero-order chi connectivity index (χ0) is 20.4. The highest BCUT2D eigenvalue weighted by Gasteiger charge is 2.36. The zero-order valence-electron chi connectivity index (χ0n) is 17.2. The summed E-state index contributed by atoms with van der Waals surface area (Å²) < 4.78 is 2.06. The minimum Gasteiger partial charge on any atom is -0.404 e. The largest absolute Gasteiger partial charge is 0.404 e. The summed E-state index contributed by atoms with van der Waals surface area (Å²) >= 11 is 0. The molecule has 1 saturated carbocycles. The molecular weight excluding hydrogens is 362 g/mol. The zero-order valence-corrected chi connectivity index (χ0v) is 17.2. The summed E-state index contributed by atoms with van der Waals surface area (Å²) in [5, 5.41) is 13.1. The van der Waals surface area contributed by atoms with Gasteiger partial charge in [0.1, 0.15) is 0 Å². The number of hydrogen-bond acceptors (Lipinski definition) is 4. The fourth-order valence-electron chi connectivity index (χ4n) is 5.05. The van der Waals surface area contributed by atoms with Crippen LogP contribution in [0.2, 0.25) is 0 Å². The molecule has 1 aromatic carbocycles. The first-order valence-corrected chi connectivity index (χ1v) is 10.8. The smallest absolute Gasteiger partial charge is 0.225 e. The molecule has 3 N–H and O–H groups in total. The summed E-state index contributed by atoms with van der Waals surface area (Å²) in [6.07, 6.45) is 11.4. The van der Waals surface area contributed by atoms with Crippen molar-refractivity contribution < 1.29 is 4.79 Å². The predicted molar refractivity (Wildman–Crippen MR) is 117 cm³/mol. The Morgan fingerprint density at radius 3 is 2.83 bits per heavy atom. The van der Waals surface area contributed by atoms with Crippen LogP contribution in [0, 0.1) is 17.2 Å². The van der Waals surface area contributed by atoms with Crippen LogP contribution in [-0.2, 0) is 11.3 Å². The Labute approximate surface area is 172 Å². The van der Waals surface area contributed by atoms with Crippen LogP contribution in [0.5, 0.6) is 0 Å². The van der Waals surface area contributed by atoms with Gasteiger partial charge in [-0.15, -0.1) is 0 Å². The highest BCUT2D eigenvalue weighted by atomic mass is 16.2. The van der Waals surface area contributed by atoms with Crippen LogP contribution >= 0.6 is 0 Å². The first-order chi connectivity index (χ1) is 14.1. The SMILES string of the molecule is C[C@@H]1CC(Cn2ncc3cc(/C(C=N)=C/N)ccc32)CN1C(=O)C1CCCCC1. The highest BCUT2D eigenvalue weighted by Crippen LogP contribution is 2.31. The molecule has 0 bridgehead atoms. The van der Waals surface area contributed by atoms with Gasteiger partial charge >= 0.3 is 0 Å². The lowest BCUT2D eigenvalue weighted by atomic mass is 9.88. The normalized spacial score (nSPS) is 23.6. The summed E-state index contributed by atoms with van der Waals surface area (Å²) in [6, 6.07) is 6.38. The third kappa shape index (κ3) is 3.93. The fraction of sp³-hybridized carbons (Fsp3) is 0.522. The number of rotatable bonds is 5. The fourth-order valence-corrected chi connectivity index (χ4v) is 5.05. The van der Waals surface area contributed by atoms with E-state index in [4.69, 9.17) is 11.1 Å². The molecule has 0 radical (unpaired) electrons. The Hall–Kier alpha value is -2.63. The molecule has 1 aliphatic carbocycles. The predicted octanol–water partition coefficient (Wildman–Crippen LogP) is 3.80. The number of nitrogens with zero attached hydrogens (tertiary/aromatic N) is 3. The van der Waals surface area contributed by atoms with E-state index in [1.807, 2.05) is 24.4 Å². The van der Waals surface area contributed by atoms with E-state index >= 15 is 0 Å². The molecule has 6 heteroatoms. The Bertz CT molecular complexity index is 924. The molecule has 2 fully saturated rings. The van der Waals surface area contributed by atoms with E-state index < -0.39 is 0 Å². The molecule has 1 unspecified atom stereocenters. The lowest BCUT2D eigenvalue weighted by molar-refractivity contribution is -0.137. The van der Waals surface area contributed by atoms with Crippen molar-refractivity contribution in [2.24, 2.45) is 17.6 Å². The summed E-state index contributed by atoms with van der Waals surface area (Å²) in [5.74, 6) is 1.05. The van der Waals surface area contributed by atoms with Crippen molar-refractivity contribution in [2.45, 2.75) is 58.0 Å². The van der Waals surface area contributed by atoms with Crippen LogP contribution in [0.4, 0.5) is 0 Å². The van der Waals surface area contributed by atoms with Crippen molar-refractivity contribution in [3.8, 4) is 0 Å². The molecule has 4 rings (SSSR count). The molecule has 1 aliphatic heterocycles. The first kappa shape index (κ1) is 19.7. The number of likely N-dealkylation sites (tertiary alicyclic amines) is 1. The minimum atomic E-state index is 0.243. The Kier molecular flexibility index (Phi) is 5.69. The molecule has 1 amide bonds. The minimum absolute atomic E-state index is 0.243. The molecule has 2 atom stereocenters. The number of benzene rings is 1. The number of carbonyl (C=O) groups excluding carboxylic acids is 1. The molecule has 29 heavy (non-hydrogen) atoms. The first-order valence-electron chi connectivity index (χ1n) is 10.8. The lowest BCUT2D eigenvalue weighted by Crippen LogP contribution is -2.39. The molecule has 0 spiro atoms. The summed E-state index contributed by atoms with van der Waals surface area (Å²) in [4.78, 5) is 15.1. The average Bonchev–Trinajstić information content (AvgIpc) is 3.32. The second-order valence-corrected chi connectivity index (χ2v) is 8.64. The van der Waals surface area contributed by atoms with Crippen molar-refractivity contribution in [3.63, 3.8) is 0 Å². The number of allylic oxidation sites excluding steroid dienone is 1. The molecule has 2 aliphatic rings. The quantitative estimate of drug-likeness (QED) is 0.757. The van der Waals surface area contributed by atoms with Crippen molar-refractivity contribution >= 4 is 28.6 Å². The van der Waals surface area contributed by atoms with E-state index in [-0.39, 0.29) is 5.92 Å². The van der Waals surface area contributed by atoms with E-state index in [0.717, 1.165) is 48.8 Å². The van der Waals surface area contributed by atoms with Crippen molar-refractivity contribution in [1.29, 1.82) is 5.41 Å². The van der Waals surface area contributed by atoms with Gasteiger partial charge in [-0.2, -0.15) is 5.10 Å². The maximum atomic E-state index is 13.0. The number of fused-ring (bicyclic) bond motifs is 1. The number of amides is 1. The monoisotopic (exact) mass is 393 g/mol. The van der Waals surface area contributed by atoms with Crippen molar-refractivity contribution in [3.05, 3.63) is 36.2 Å². The molecule has 2 heterocycles. The van der Waals surface area contributed by atoms with Gasteiger partial charge in [-0.05, 0) is 49.8 Å². The van der Waals surface area contributed by atoms with Gasteiger partial charge < -0.3 is 16.0 Å². The van der Waals surface area contributed by atoms with Gasteiger partial charge in [0.15, 0.2) is 0 Å². The standard InChI is InChI=1S/C23H31N5O/c1-16-9-17(14-27(16)23(29)18-5-3-2-4-6-18)15-28-22-8-7-19(21(11-24)12-25)10-20(22)13-26-28/h7-8,10-13,16-18,24H,2-6,9,14-15,25H2,1H3/b21-12+,24-11?/t16-,17?/m1/s1. The second kappa shape index (κ2) is 8.39. The summed E-state index contributed by atoms with van der Waals surface area (Å²) in [6.45, 7) is 3.85. The molecular formula is C23H31N5O. The van der Waals surface area contributed by atoms with Gasteiger partial charge in [0.2, 0.25) is 5.91 Å². The summed E-state index contributed by atoms with van der Waals surface area (Å²) in [7, 11) is 0. The van der Waals surface area contributed by atoms with Crippen LogP contribution in [0.1, 0.15) is 51.0 Å². The third-order valence-corrected chi connectivity index (χ3v) is 6.64. The number of carbonyl (C=O) groups is 1. The molecule has 2 aromatic rings. The third-order valence-electron chi connectivity index (χ3n) is 6.64. The molecule has 1 aromatic heterocycles. The number of nitrogens with two attached hydrogens (primary N) is 1. The van der Waals surface area contributed by atoms with Crippen LogP contribution in [0.3, 0.4) is 0 Å². The van der Waals surface area contributed by atoms with Crippen LogP contribution in [0.25, 0.3) is 16.5 Å². The van der Waals surface area contributed by atoms with E-state index in [0.29, 0.717) is 23.4 Å². The van der Waals surface area contributed by atoms with Crippen LogP contribution in [0.15, 0.2) is 30.6 Å². The van der Waals surface area contributed by atoms with Crippen molar-refractivity contribution in [1.82, 2.24) is 14.7 Å². The lowest BCUT2D eigenvalue weighted by Gasteiger charge is -2.29. The van der Waals surface area contributed by atoms with Gasteiger partial charge in [-0.1, -0.05) is 25.3 Å². The van der Waals surface area contributed by atoms with E-state index in [1.165, 1.54) is 31.7 Å². The average molecular weight is 394 g/mol. The maximum absolute atomic E-state index is 13.0. The van der Waals surface area contributed by atoms with E-state index in [2.05, 4.69) is 21.6 Å². The number of nitrogens with one attached hydrogen (secondary N) is 1. The van der Waals surface area contributed by atoms with E-state index in [1.54, 1.807) is 0 Å². The van der Waals surface area contributed by atoms with Crippen LogP contribution in [-0.4, -0.2) is 39.4 Å². The topological polar surface area (TPSA) is 88.0 Å². The van der Waals surface area contributed by atoms with Crippen LogP contribution < -0.4 is 5.73 Å². The molecule has 1 saturated heterocycles. The summed E-state index contributed by atoms with van der Waals surface area (Å²) in [5.41, 5.74) is 8.31. The van der Waals surface area contributed by atoms with Gasteiger partial charge in [-0.25, -0.2) is 0 Å². The maximum Gasteiger partial charge on any atom is 0.225 e. The Balaban J connectivity index is 1.46. The van der Waals surface area contributed by atoms with Gasteiger partial charge in [0, 0.05) is 48.4 Å². The van der Waals surface area contributed by atoms with Gasteiger partial charge in [0.25, 0.3) is 0 Å². The second-order valence-electron chi connectivity index (χ2n) is 8.64. The van der Waals surface area contributed by atoms with E-state index in [9.17, 15) is 4.79 Å². The molecule has 154 valence electrons. The molecule has 6 nitrogen and oxygen atoms in total. The number of hydrogen-bond donors (Lipinski definition) is 2. The highest BCUT2D eigenvalue weighted by molar-refractivity contribution is 6.09. The Morgan fingerprint density at radius 1 is 1.31 bits per heavy atom. The van der Waals surface area contributed by atoms with Crippen molar-refractivity contribution in [2.75, 3.05) is 6.54 Å².